The summed E-state index contributed by atoms with van der Waals surface area (Å²) in [5, 5.41) is 0. The predicted octanol–water partition coefficient (Wildman–Crippen LogP) is 3.70. The number of hydrogen-bond donors (Lipinski definition) is 0. The molecule has 5 rings (SSSR count). The van der Waals surface area contributed by atoms with Gasteiger partial charge in [-0.1, -0.05) is 36.8 Å². The Labute approximate surface area is 203 Å². The number of carbonyl (C=O) groups is 1. The monoisotopic (exact) mass is 463 g/mol. The van der Waals surface area contributed by atoms with Gasteiger partial charge in [0, 0.05) is 18.6 Å². The van der Waals surface area contributed by atoms with Crippen LogP contribution >= 0.6 is 0 Å². The van der Waals surface area contributed by atoms with Gasteiger partial charge >= 0.3 is 0 Å². The molecule has 1 aromatic heterocycles. The fourth-order valence-electron chi connectivity index (χ4n) is 6.28. The second kappa shape index (κ2) is 9.17. The van der Waals surface area contributed by atoms with E-state index in [4.69, 9.17) is 4.74 Å². The Hall–Kier alpha value is -2.67. The van der Waals surface area contributed by atoms with Gasteiger partial charge in [-0.25, -0.2) is 9.97 Å². The number of benzene rings is 1. The summed E-state index contributed by atoms with van der Waals surface area (Å²) in [6, 6.07) is 10.9. The minimum absolute atomic E-state index is 0.000106. The number of aromatic nitrogens is 2. The van der Waals surface area contributed by atoms with Crippen LogP contribution < -0.4 is 9.64 Å². The SMILES string of the molecule is COc1cnc(N2CC(=O)N(CC3CCC3)[C@]3(CC[C@@](c4ccccc4)(N(C)C)CC3)C2)cn1. The van der Waals surface area contributed by atoms with Crippen LogP contribution in [0.2, 0.25) is 0 Å². The maximum atomic E-state index is 13.6. The molecular weight excluding hydrogens is 426 g/mol. The Morgan fingerprint density at radius 1 is 1.06 bits per heavy atom. The van der Waals surface area contributed by atoms with Gasteiger partial charge in [-0.15, -0.1) is 0 Å². The first-order valence-corrected chi connectivity index (χ1v) is 12.6. The number of rotatable bonds is 6. The van der Waals surface area contributed by atoms with Crippen molar-refractivity contribution in [2.75, 3.05) is 45.7 Å². The molecule has 2 heterocycles. The molecular formula is C27H37N5O2. The first kappa shape index (κ1) is 23.1. The molecule has 1 spiro atoms. The van der Waals surface area contributed by atoms with Crippen LogP contribution in [-0.4, -0.2) is 72.1 Å². The summed E-state index contributed by atoms with van der Waals surface area (Å²) in [7, 11) is 5.98. The minimum atomic E-state index is -0.166. The molecule has 3 aliphatic rings. The van der Waals surface area contributed by atoms with Gasteiger partial charge in [0.05, 0.1) is 31.6 Å². The highest BCUT2D eigenvalue weighted by Gasteiger charge is 2.52. The van der Waals surface area contributed by atoms with Crippen molar-refractivity contribution in [2.45, 2.75) is 56.0 Å². The van der Waals surface area contributed by atoms with Crippen molar-refractivity contribution in [3.63, 3.8) is 0 Å². The number of methoxy groups -OCH3 is 1. The second-order valence-corrected chi connectivity index (χ2v) is 10.6. The van der Waals surface area contributed by atoms with E-state index < -0.39 is 0 Å². The lowest BCUT2D eigenvalue weighted by atomic mass is 9.66. The summed E-state index contributed by atoms with van der Waals surface area (Å²) in [6.45, 7) is 2.08. The van der Waals surface area contributed by atoms with E-state index in [1.54, 1.807) is 19.5 Å². The van der Waals surface area contributed by atoms with Gasteiger partial charge in [-0.05, 0) is 64.1 Å². The Balaban J connectivity index is 1.44. The number of nitrogens with zero attached hydrogens (tertiary/aromatic N) is 5. The fourth-order valence-corrected chi connectivity index (χ4v) is 6.28. The summed E-state index contributed by atoms with van der Waals surface area (Å²) >= 11 is 0. The molecule has 7 nitrogen and oxygen atoms in total. The van der Waals surface area contributed by atoms with Crippen LogP contribution in [0.5, 0.6) is 5.88 Å². The van der Waals surface area contributed by atoms with E-state index in [9.17, 15) is 4.79 Å². The van der Waals surface area contributed by atoms with Gasteiger partial charge in [0.2, 0.25) is 11.8 Å². The van der Waals surface area contributed by atoms with Gasteiger partial charge in [0.1, 0.15) is 5.82 Å². The smallest absolute Gasteiger partial charge is 0.242 e. The Morgan fingerprint density at radius 2 is 1.79 bits per heavy atom. The maximum Gasteiger partial charge on any atom is 0.242 e. The van der Waals surface area contributed by atoms with E-state index in [0.717, 1.165) is 44.6 Å². The van der Waals surface area contributed by atoms with Crippen molar-refractivity contribution in [2.24, 2.45) is 5.92 Å². The highest BCUT2D eigenvalue weighted by molar-refractivity contribution is 5.83. The van der Waals surface area contributed by atoms with Crippen molar-refractivity contribution in [1.29, 1.82) is 0 Å². The molecule has 1 amide bonds. The lowest BCUT2D eigenvalue weighted by molar-refractivity contribution is -0.144. The van der Waals surface area contributed by atoms with E-state index in [1.807, 2.05) is 0 Å². The van der Waals surface area contributed by atoms with Crippen LogP contribution in [0.25, 0.3) is 0 Å². The molecule has 1 aromatic carbocycles. The average molecular weight is 464 g/mol. The normalized spacial score (nSPS) is 27.8. The zero-order valence-electron chi connectivity index (χ0n) is 20.7. The molecule has 0 radical (unpaired) electrons. The molecule has 34 heavy (non-hydrogen) atoms. The van der Waals surface area contributed by atoms with Crippen molar-refractivity contribution in [3.05, 3.63) is 48.3 Å². The van der Waals surface area contributed by atoms with Crippen LogP contribution in [0.3, 0.4) is 0 Å². The van der Waals surface area contributed by atoms with Crippen LogP contribution in [0, 0.1) is 5.92 Å². The molecule has 0 atom stereocenters. The third-order valence-corrected chi connectivity index (χ3v) is 8.67. The van der Waals surface area contributed by atoms with Crippen LogP contribution in [0.15, 0.2) is 42.7 Å². The topological polar surface area (TPSA) is 61.8 Å². The summed E-state index contributed by atoms with van der Waals surface area (Å²) in [6.07, 6.45) is 11.2. The summed E-state index contributed by atoms with van der Waals surface area (Å²) in [5.74, 6) is 2.13. The number of hydrogen-bond acceptors (Lipinski definition) is 6. The fraction of sp³-hybridized carbons (Fsp3) is 0.593. The number of ether oxygens (including phenoxy) is 1. The van der Waals surface area contributed by atoms with Crippen molar-refractivity contribution in [1.82, 2.24) is 19.8 Å². The Bertz CT molecular complexity index is 982. The van der Waals surface area contributed by atoms with Gasteiger partial charge < -0.3 is 14.5 Å². The molecule has 0 bridgehead atoms. The molecule has 0 unspecified atom stereocenters. The van der Waals surface area contributed by atoms with E-state index in [1.165, 1.54) is 24.8 Å². The third-order valence-electron chi connectivity index (χ3n) is 8.67. The summed E-state index contributed by atoms with van der Waals surface area (Å²) in [5.41, 5.74) is 1.21. The first-order valence-electron chi connectivity index (χ1n) is 12.6. The highest BCUT2D eigenvalue weighted by atomic mass is 16.5. The first-order chi connectivity index (χ1) is 16.5. The van der Waals surface area contributed by atoms with E-state index in [0.29, 0.717) is 18.3 Å². The Morgan fingerprint density at radius 3 is 2.35 bits per heavy atom. The van der Waals surface area contributed by atoms with Gasteiger partial charge in [-0.2, -0.15) is 0 Å². The molecule has 2 saturated carbocycles. The minimum Gasteiger partial charge on any atom is -0.480 e. The van der Waals surface area contributed by atoms with Crippen LogP contribution in [0.1, 0.15) is 50.5 Å². The van der Waals surface area contributed by atoms with Crippen molar-refractivity contribution in [3.8, 4) is 5.88 Å². The van der Waals surface area contributed by atoms with Crippen molar-refractivity contribution >= 4 is 11.7 Å². The number of anilines is 1. The zero-order chi connectivity index (χ0) is 23.8. The number of piperazine rings is 1. The number of amides is 1. The Kier molecular flexibility index (Phi) is 6.23. The molecule has 2 aromatic rings. The average Bonchev–Trinajstić information content (AvgIpc) is 2.83. The standard InChI is InChI=1S/C27H37N5O2/c1-30(2)27(22-10-5-4-6-11-22)14-12-26(13-15-27)20-31(23-16-29-24(34-3)17-28-23)19-25(33)32(26)18-21-8-7-9-21/h4-6,10-11,16-17,21H,7-9,12-15,18-20H2,1-3H3/t26-,27+. The lowest BCUT2D eigenvalue weighted by Gasteiger charge is -2.58. The molecule has 1 saturated heterocycles. The molecule has 2 aliphatic carbocycles. The maximum absolute atomic E-state index is 13.6. The van der Waals surface area contributed by atoms with Gasteiger partial charge in [-0.3, -0.25) is 9.69 Å². The third kappa shape index (κ3) is 4.04. The molecule has 182 valence electrons. The lowest BCUT2D eigenvalue weighted by Crippen LogP contribution is -2.68. The quantitative estimate of drug-likeness (QED) is 0.651. The van der Waals surface area contributed by atoms with Crippen LogP contribution in [-0.2, 0) is 10.3 Å². The highest BCUT2D eigenvalue weighted by Crippen LogP contribution is 2.48. The predicted molar refractivity (Wildman–Crippen MR) is 133 cm³/mol. The number of carbonyl (C=O) groups excluding carboxylic acids is 1. The van der Waals surface area contributed by atoms with Gasteiger partial charge in [0.15, 0.2) is 0 Å². The van der Waals surface area contributed by atoms with Crippen LogP contribution in [0.4, 0.5) is 5.82 Å². The summed E-state index contributed by atoms with van der Waals surface area (Å²) < 4.78 is 5.18. The van der Waals surface area contributed by atoms with E-state index in [-0.39, 0.29) is 17.0 Å². The summed E-state index contributed by atoms with van der Waals surface area (Å²) in [4.78, 5) is 29.3. The molecule has 1 aliphatic heterocycles. The largest absolute Gasteiger partial charge is 0.480 e. The van der Waals surface area contributed by atoms with E-state index >= 15 is 0 Å². The molecule has 3 fully saturated rings. The van der Waals surface area contributed by atoms with E-state index in [2.05, 4.69) is 69.1 Å². The van der Waals surface area contributed by atoms with Gasteiger partial charge in [0.25, 0.3) is 0 Å². The van der Waals surface area contributed by atoms with Crippen molar-refractivity contribution < 1.29 is 9.53 Å². The zero-order valence-corrected chi connectivity index (χ0v) is 20.7. The molecule has 0 N–H and O–H groups in total. The second-order valence-electron chi connectivity index (χ2n) is 10.6. The molecule has 7 heteroatoms.